The Hall–Kier alpha value is -1.59. The van der Waals surface area contributed by atoms with Crippen molar-refractivity contribution in [3.63, 3.8) is 0 Å². The SMILES string of the molecule is CC(C(=O)O)N(C)CC(=O)NC(c1ccccc1)C1CC1.Cl. The van der Waals surface area contributed by atoms with E-state index in [1.165, 1.54) is 4.90 Å². The van der Waals surface area contributed by atoms with Gasteiger partial charge in [-0.3, -0.25) is 14.5 Å². The van der Waals surface area contributed by atoms with Gasteiger partial charge in [0, 0.05) is 0 Å². The monoisotopic (exact) mass is 326 g/mol. The number of amides is 1. The predicted molar refractivity (Wildman–Crippen MR) is 87.0 cm³/mol. The van der Waals surface area contributed by atoms with Crippen LogP contribution in [0, 0.1) is 5.92 Å². The molecular formula is C16H23ClN2O3. The molecule has 1 aliphatic carbocycles. The highest BCUT2D eigenvalue weighted by molar-refractivity contribution is 5.85. The fourth-order valence-corrected chi connectivity index (χ4v) is 2.33. The van der Waals surface area contributed by atoms with E-state index in [-0.39, 0.29) is 30.9 Å². The Balaban J connectivity index is 0.00000242. The van der Waals surface area contributed by atoms with Gasteiger partial charge in [0.05, 0.1) is 12.6 Å². The van der Waals surface area contributed by atoms with Gasteiger partial charge >= 0.3 is 5.97 Å². The van der Waals surface area contributed by atoms with Gasteiger partial charge in [-0.05, 0) is 38.3 Å². The molecule has 0 saturated heterocycles. The summed E-state index contributed by atoms with van der Waals surface area (Å²) in [6.45, 7) is 1.66. The van der Waals surface area contributed by atoms with Crippen molar-refractivity contribution < 1.29 is 14.7 Å². The summed E-state index contributed by atoms with van der Waals surface area (Å²) in [5.41, 5.74) is 1.11. The van der Waals surface area contributed by atoms with E-state index in [9.17, 15) is 9.59 Å². The van der Waals surface area contributed by atoms with Gasteiger partial charge in [0.25, 0.3) is 0 Å². The third-order valence-corrected chi connectivity index (χ3v) is 3.98. The molecular weight excluding hydrogens is 304 g/mol. The smallest absolute Gasteiger partial charge is 0.320 e. The summed E-state index contributed by atoms with van der Waals surface area (Å²) in [7, 11) is 1.65. The third kappa shape index (κ3) is 5.00. The molecule has 1 fully saturated rings. The highest BCUT2D eigenvalue weighted by Crippen LogP contribution is 2.40. The van der Waals surface area contributed by atoms with Gasteiger partial charge < -0.3 is 10.4 Å². The van der Waals surface area contributed by atoms with Crippen molar-refractivity contribution in [3.05, 3.63) is 35.9 Å². The number of halogens is 1. The summed E-state index contributed by atoms with van der Waals surface area (Å²) in [4.78, 5) is 24.6. The van der Waals surface area contributed by atoms with Gasteiger partial charge in [0.1, 0.15) is 6.04 Å². The van der Waals surface area contributed by atoms with Crippen LogP contribution in [0.4, 0.5) is 0 Å². The molecule has 2 rings (SSSR count). The standard InChI is InChI=1S/C16H22N2O3.ClH/c1-11(16(20)21)18(2)10-14(19)17-15(13-8-9-13)12-6-4-3-5-7-12;/h3-7,11,13,15H,8-10H2,1-2H3,(H,17,19)(H,20,21);1H. The van der Waals surface area contributed by atoms with Gasteiger partial charge in [0.15, 0.2) is 0 Å². The summed E-state index contributed by atoms with van der Waals surface area (Å²) >= 11 is 0. The second kappa shape index (κ2) is 8.15. The van der Waals surface area contributed by atoms with Crippen LogP contribution in [0.5, 0.6) is 0 Å². The van der Waals surface area contributed by atoms with E-state index in [0.717, 1.165) is 18.4 Å². The molecule has 1 aromatic carbocycles. The molecule has 0 aromatic heterocycles. The van der Waals surface area contributed by atoms with Gasteiger partial charge in [0.2, 0.25) is 5.91 Å². The topological polar surface area (TPSA) is 69.6 Å². The number of carbonyl (C=O) groups is 2. The maximum absolute atomic E-state index is 12.2. The quantitative estimate of drug-likeness (QED) is 0.805. The van der Waals surface area contributed by atoms with E-state index in [1.54, 1.807) is 14.0 Å². The molecule has 22 heavy (non-hydrogen) atoms. The molecule has 0 aliphatic heterocycles. The van der Waals surface area contributed by atoms with E-state index in [2.05, 4.69) is 5.32 Å². The normalized spacial score (nSPS) is 16.5. The average molecular weight is 327 g/mol. The Morgan fingerprint density at radius 2 is 1.91 bits per heavy atom. The summed E-state index contributed by atoms with van der Waals surface area (Å²) in [5.74, 6) is -0.558. The van der Waals surface area contributed by atoms with Gasteiger partial charge in [-0.15, -0.1) is 12.4 Å². The lowest BCUT2D eigenvalue weighted by molar-refractivity contribution is -0.142. The first-order chi connectivity index (χ1) is 9.99. The molecule has 5 nitrogen and oxygen atoms in total. The minimum absolute atomic E-state index is 0. The van der Waals surface area contributed by atoms with Crippen LogP contribution in [0.2, 0.25) is 0 Å². The fraction of sp³-hybridized carbons (Fsp3) is 0.500. The molecule has 1 aliphatic rings. The molecule has 0 heterocycles. The predicted octanol–water partition coefficient (Wildman–Crippen LogP) is 2.08. The fourth-order valence-electron chi connectivity index (χ4n) is 2.33. The lowest BCUT2D eigenvalue weighted by Gasteiger charge is -2.23. The number of hydrogen-bond donors (Lipinski definition) is 2. The number of carboxylic acids is 1. The zero-order valence-corrected chi connectivity index (χ0v) is 13.7. The molecule has 0 spiro atoms. The zero-order chi connectivity index (χ0) is 15.4. The first-order valence-electron chi connectivity index (χ1n) is 7.26. The number of hydrogen-bond acceptors (Lipinski definition) is 3. The number of rotatable bonds is 7. The first-order valence-corrected chi connectivity index (χ1v) is 7.26. The number of likely N-dealkylation sites (N-methyl/N-ethyl adjacent to an activating group) is 1. The lowest BCUT2D eigenvalue weighted by Crippen LogP contribution is -2.43. The van der Waals surface area contributed by atoms with Crippen LogP contribution < -0.4 is 5.32 Å². The summed E-state index contributed by atoms with van der Waals surface area (Å²) in [5, 5.41) is 12.0. The third-order valence-electron chi connectivity index (χ3n) is 3.98. The Bertz CT molecular complexity index is 505. The van der Waals surface area contributed by atoms with Crippen LogP contribution in [0.3, 0.4) is 0 Å². The second-order valence-corrected chi connectivity index (χ2v) is 5.72. The number of carbonyl (C=O) groups excluding carboxylic acids is 1. The number of benzene rings is 1. The van der Waals surface area contributed by atoms with Crippen molar-refractivity contribution in [2.45, 2.75) is 31.8 Å². The van der Waals surface area contributed by atoms with Crippen molar-refractivity contribution in [2.24, 2.45) is 5.92 Å². The highest BCUT2D eigenvalue weighted by Gasteiger charge is 2.33. The molecule has 1 aromatic rings. The van der Waals surface area contributed by atoms with Crippen LogP contribution in [0.15, 0.2) is 30.3 Å². The van der Waals surface area contributed by atoms with Crippen LogP contribution in [0.25, 0.3) is 0 Å². The molecule has 6 heteroatoms. The maximum atomic E-state index is 12.2. The van der Waals surface area contributed by atoms with Crippen LogP contribution in [0.1, 0.15) is 31.4 Å². The molecule has 0 radical (unpaired) electrons. The van der Waals surface area contributed by atoms with Gasteiger partial charge in [-0.25, -0.2) is 0 Å². The summed E-state index contributed by atoms with van der Waals surface area (Å²) in [6.07, 6.45) is 2.25. The molecule has 122 valence electrons. The Morgan fingerprint density at radius 3 is 2.41 bits per heavy atom. The van der Waals surface area contributed by atoms with Crippen molar-refractivity contribution in [1.29, 1.82) is 0 Å². The summed E-state index contributed by atoms with van der Waals surface area (Å²) < 4.78 is 0. The number of nitrogens with zero attached hydrogens (tertiary/aromatic N) is 1. The van der Waals surface area contributed by atoms with Crippen molar-refractivity contribution >= 4 is 24.3 Å². The minimum Gasteiger partial charge on any atom is -0.480 e. The van der Waals surface area contributed by atoms with E-state index < -0.39 is 12.0 Å². The van der Waals surface area contributed by atoms with Crippen LogP contribution >= 0.6 is 12.4 Å². The number of aliphatic carboxylic acids is 1. The largest absolute Gasteiger partial charge is 0.480 e. The molecule has 2 N–H and O–H groups in total. The minimum atomic E-state index is -0.924. The van der Waals surface area contributed by atoms with E-state index in [1.807, 2.05) is 30.3 Å². The Morgan fingerprint density at radius 1 is 1.32 bits per heavy atom. The van der Waals surface area contributed by atoms with Crippen molar-refractivity contribution in [3.8, 4) is 0 Å². The average Bonchev–Trinajstić information content (AvgIpc) is 3.29. The summed E-state index contributed by atoms with van der Waals surface area (Å²) in [6, 6.07) is 9.29. The van der Waals surface area contributed by atoms with Gasteiger partial charge in [-0.2, -0.15) is 0 Å². The molecule has 1 amide bonds. The van der Waals surface area contributed by atoms with Crippen LogP contribution in [-0.4, -0.2) is 41.5 Å². The van der Waals surface area contributed by atoms with Crippen molar-refractivity contribution in [2.75, 3.05) is 13.6 Å². The zero-order valence-electron chi connectivity index (χ0n) is 12.9. The lowest BCUT2D eigenvalue weighted by atomic mass is 10.0. The molecule has 1 saturated carbocycles. The van der Waals surface area contributed by atoms with Crippen molar-refractivity contribution in [1.82, 2.24) is 10.2 Å². The van der Waals surface area contributed by atoms with Gasteiger partial charge in [-0.1, -0.05) is 30.3 Å². The maximum Gasteiger partial charge on any atom is 0.320 e. The number of nitrogens with one attached hydrogen (secondary N) is 1. The first kappa shape index (κ1) is 18.5. The van der Waals surface area contributed by atoms with Crippen LogP contribution in [-0.2, 0) is 9.59 Å². The molecule has 0 bridgehead atoms. The second-order valence-electron chi connectivity index (χ2n) is 5.72. The van der Waals surface area contributed by atoms with E-state index in [4.69, 9.17) is 5.11 Å². The molecule has 2 atom stereocenters. The highest BCUT2D eigenvalue weighted by atomic mass is 35.5. The Labute approximate surface area is 137 Å². The number of carboxylic acid groups (broad SMARTS) is 1. The molecule has 2 unspecified atom stereocenters. The van der Waals surface area contributed by atoms with E-state index in [0.29, 0.717) is 5.92 Å². The Kier molecular flexibility index (Phi) is 6.84. The van der Waals surface area contributed by atoms with E-state index >= 15 is 0 Å².